The van der Waals surface area contributed by atoms with Crippen molar-refractivity contribution < 1.29 is 14.3 Å². The molecule has 0 saturated carbocycles. The smallest absolute Gasteiger partial charge is 0.254 e. The van der Waals surface area contributed by atoms with Crippen LogP contribution in [0, 0.1) is 0 Å². The van der Waals surface area contributed by atoms with Gasteiger partial charge >= 0.3 is 0 Å². The largest absolute Gasteiger partial charge is 0.493 e. The van der Waals surface area contributed by atoms with Crippen molar-refractivity contribution in [3.05, 3.63) is 70.9 Å². The van der Waals surface area contributed by atoms with Gasteiger partial charge in [0.25, 0.3) is 5.91 Å². The highest BCUT2D eigenvalue weighted by atomic mass is 35.5. The number of benzene rings is 2. The molecule has 1 aliphatic heterocycles. The Labute approximate surface area is 168 Å². The van der Waals surface area contributed by atoms with Crippen LogP contribution in [-0.2, 0) is 13.0 Å². The Bertz CT molecular complexity index is 1060. The molecular formula is C22H21ClN2O3. The molecule has 2 heterocycles. The number of carbonyl (C=O) groups is 1. The van der Waals surface area contributed by atoms with E-state index in [0.717, 1.165) is 28.6 Å². The fraction of sp³-hybridized carbons (Fsp3) is 0.227. The molecule has 5 nitrogen and oxygen atoms in total. The Kier molecular flexibility index (Phi) is 5.01. The van der Waals surface area contributed by atoms with E-state index in [1.54, 1.807) is 31.4 Å². The summed E-state index contributed by atoms with van der Waals surface area (Å²) < 4.78 is 11.0. The number of amides is 1. The summed E-state index contributed by atoms with van der Waals surface area (Å²) in [5, 5.41) is 1.77. The number of para-hydroxylation sites is 1. The van der Waals surface area contributed by atoms with E-state index in [-0.39, 0.29) is 5.91 Å². The fourth-order valence-corrected chi connectivity index (χ4v) is 3.85. The second-order valence-corrected chi connectivity index (χ2v) is 7.09. The van der Waals surface area contributed by atoms with Gasteiger partial charge in [0.2, 0.25) is 0 Å². The summed E-state index contributed by atoms with van der Waals surface area (Å²) in [4.78, 5) is 18.4. The van der Waals surface area contributed by atoms with Crippen LogP contribution >= 0.6 is 11.6 Å². The number of fused-ring (bicyclic) bond motifs is 3. The average Bonchev–Trinajstić information content (AvgIpc) is 3.11. The monoisotopic (exact) mass is 396 g/mol. The summed E-state index contributed by atoms with van der Waals surface area (Å²) in [5.41, 5.74) is 3.80. The van der Waals surface area contributed by atoms with Crippen LogP contribution in [0.3, 0.4) is 0 Å². The number of nitrogens with one attached hydrogen (secondary N) is 1. The molecule has 144 valence electrons. The summed E-state index contributed by atoms with van der Waals surface area (Å²) in [6, 6.07) is 11.1. The van der Waals surface area contributed by atoms with Gasteiger partial charge in [-0.05, 0) is 24.3 Å². The zero-order valence-corrected chi connectivity index (χ0v) is 16.4. The van der Waals surface area contributed by atoms with Gasteiger partial charge < -0.3 is 19.4 Å². The van der Waals surface area contributed by atoms with Gasteiger partial charge in [-0.25, -0.2) is 0 Å². The van der Waals surface area contributed by atoms with Crippen molar-refractivity contribution in [3.8, 4) is 11.5 Å². The minimum absolute atomic E-state index is 0.0319. The zero-order chi connectivity index (χ0) is 19.7. The quantitative estimate of drug-likeness (QED) is 0.641. The van der Waals surface area contributed by atoms with Crippen LogP contribution in [0.5, 0.6) is 11.5 Å². The first-order valence-corrected chi connectivity index (χ1v) is 9.49. The minimum Gasteiger partial charge on any atom is -0.493 e. The number of aromatic nitrogens is 1. The molecule has 0 fully saturated rings. The van der Waals surface area contributed by atoms with E-state index in [0.29, 0.717) is 41.8 Å². The lowest BCUT2D eigenvalue weighted by molar-refractivity contribution is 0.0734. The van der Waals surface area contributed by atoms with E-state index in [1.165, 1.54) is 0 Å². The lowest BCUT2D eigenvalue weighted by atomic mass is 10.0. The number of nitrogens with zero attached hydrogens (tertiary/aromatic N) is 1. The molecule has 0 spiro atoms. The maximum absolute atomic E-state index is 13.1. The first-order valence-electron chi connectivity index (χ1n) is 9.11. The number of aromatic amines is 1. The van der Waals surface area contributed by atoms with Crippen molar-refractivity contribution in [3.63, 3.8) is 0 Å². The Morgan fingerprint density at radius 3 is 2.96 bits per heavy atom. The number of hydrogen-bond donors (Lipinski definition) is 1. The summed E-state index contributed by atoms with van der Waals surface area (Å²) in [6.07, 6.45) is 2.43. The van der Waals surface area contributed by atoms with Gasteiger partial charge in [0.1, 0.15) is 6.61 Å². The van der Waals surface area contributed by atoms with Crippen LogP contribution in [0.15, 0.2) is 49.1 Å². The Morgan fingerprint density at radius 1 is 1.32 bits per heavy atom. The standard InChI is InChI=1S/C22H21ClN2O3/c1-3-11-28-19-8-7-14(12-20(19)27-2)22(26)25-10-9-18-16(13-25)15-5-4-6-17(23)21(15)24-18/h3-8,12,24H,1,9-11,13H2,2H3. The molecule has 4 rings (SSSR count). The highest BCUT2D eigenvalue weighted by molar-refractivity contribution is 6.35. The molecule has 0 saturated heterocycles. The molecule has 1 amide bonds. The van der Waals surface area contributed by atoms with Crippen molar-refractivity contribution in [1.82, 2.24) is 9.88 Å². The third-order valence-corrected chi connectivity index (χ3v) is 5.33. The highest BCUT2D eigenvalue weighted by Crippen LogP contribution is 2.33. The second-order valence-electron chi connectivity index (χ2n) is 6.69. The lowest BCUT2D eigenvalue weighted by Crippen LogP contribution is -2.35. The van der Waals surface area contributed by atoms with Gasteiger partial charge in [-0.1, -0.05) is 36.4 Å². The van der Waals surface area contributed by atoms with Gasteiger partial charge in [0.05, 0.1) is 17.6 Å². The molecule has 0 aliphatic carbocycles. The maximum Gasteiger partial charge on any atom is 0.254 e. The van der Waals surface area contributed by atoms with Crippen LogP contribution in [0.1, 0.15) is 21.6 Å². The summed E-state index contributed by atoms with van der Waals surface area (Å²) in [7, 11) is 1.56. The lowest BCUT2D eigenvalue weighted by Gasteiger charge is -2.27. The molecule has 0 atom stereocenters. The molecule has 3 aromatic rings. The van der Waals surface area contributed by atoms with Crippen molar-refractivity contribution >= 4 is 28.4 Å². The number of rotatable bonds is 5. The topological polar surface area (TPSA) is 54.6 Å². The predicted octanol–water partition coefficient (Wildman–Crippen LogP) is 4.59. The van der Waals surface area contributed by atoms with Crippen LogP contribution in [0.2, 0.25) is 5.02 Å². The number of methoxy groups -OCH3 is 1. The summed E-state index contributed by atoms with van der Waals surface area (Å²) in [6.45, 7) is 5.21. The van der Waals surface area contributed by atoms with Crippen LogP contribution in [0.25, 0.3) is 10.9 Å². The maximum atomic E-state index is 13.1. The molecule has 2 aromatic carbocycles. The number of carbonyl (C=O) groups excluding carboxylic acids is 1. The SMILES string of the molecule is C=CCOc1ccc(C(=O)N2CCc3[nH]c4c(Cl)cccc4c3C2)cc1OC. The molecule has 1 N–H and O–H groups in total. The summed E-state index contributed by atoms with van der Waals surface area (Å²) >= 11 is 6.31. The molecule has 0 radical (unpaired) electrons. The first-order chi connectivity index (χ1) is 13.6. The second kappa shape index (κ2) is 7.60. The molecule has 0 unspecified atom stereocenters. The number of hydrogen-bond acceptors (Lipinski definition) is 3. The summed E-state index contributed by atoms with van der Waals surface area (Å²) in [5.74, 6) is 1.09. The molecular weight excluding hydrogens is 376 g/mol. The predicted molar refractivity (Wildman–Crippen MR) is 110 cm³/mol. The van der Waals surface area contributed by atoms with Crippen molar-refractivity contribution in [2.24, 2.45) is 0 Å². The van der Waals surface area contributed by atoms with E-state index in [1.807, 2.05) is 23.1 Å². The molecule has 28 heavy (non-hydrogen) atoms. The van der Waals surface area contributed by atoms with E-state index in [4.69, 9.17) is 21.1 Å². The first kappa shape index (κ1) is 18.4. The zero-order valence-electron chi connectivity index (χ0n) is 15.6. The van der Waals surface area contributed by atoms with Crippen LogP contribution < -0.4 is 9.47 Å². The van der Waals surface area contributed by atoms with E-state index in [9.17, 15) is 4.79 Å². The van der Waals surface area contributed by atoms with Crippen molar-refractivity contribution in [1.29, 1.82) is 0 Å². The third-order valence-electron chi connectivity index (χ3n) is 5.01. The van der Waals surface area contributed by atoms with Crippen LogP contribution in [-0.4, -0.2) is 36.1 Å². The van der Waals surface area contributed by atoms with Gasteiger partial charge in [0, 0.05) is 41.7 Å². The van der Waals surface area contributed by atoms with E-state index < -0.39 is 0 Å². The van der Waals surface area contributed by atoms with E-state index >= 15 is 0 Å². The van der Waals surface area contributed by atoms with Gasteiger partial charge in [-0.3, -0.25) is 4.79 Å². The minimum atomic E-state index is -0.0319. The number of H-pyrrole nitrogens is 1. The van der Waals surface area contributed by atoms with E-state index in [2.05, 4.69) is 11.6 Å². The van der Waals surface area contributed by atoms with Gasteiger partial charge in [-0.2, -0.15) is 0 Å². The average molecular weight is 397 g/mol. The number of ether oxygens (including phenoxy) is 2. The fourth-order valence-electron chi connectivity index (χ4n) is 3.63. The normalized spacial score (nSPS) is 13.3. The van der Waals surface area contributed by atoms with Gasteiger partial charge in [0.15, 0.2) is 11.5 Å². The van der Waals surface area contributed by atoms with Crippen molar-refractivity contribution in [2.75, 3.05) is 20.3 Å². The molecule has 6 heteroatoms. The van der Waals surface area contributed by atoms with Crippen LogP contribution in [0.4, 0.5) is 0 Å². The van der Waals surface area contributed by atoms with Crippen molar-refractivity contribution in [2.45, 2.75) is 13.0 Å². The molecule has 1 aromatic heterocycles. The third kappa shape index (κ3) is 3.22. The Hall–Kier alpha value is -2.92. The number of halogens is 1. The van der Waals surface area contributed by atoms with Gasteiger partial charge in [-0.15, -0.1) is 0 Å². The molecule has 0 bridgehead atoms. The highest BCUT2D eigenvalue weighted by Gasteiger charge is 2.26. The Balaban J connectivity index is 1.60. The molecule has 1 aliphatic rings. The Morgan fingerprint density at radius 2 is 2.18 bits per heavy atom.